The van der Waals surface area contributed by atoms with E-state index >= 15 is 0 Å². The number of methoxy groups -OCH3 is 1. The number of anilines is 1. The molecule has 25 heavy (non-hydrogen) atoms. The number of aromatic amines is 1. The van der Waals surface area contributed by atoms with Gasteiger partial charge < -0.3 is 20.4 Å². The van der Waals surface area contributed by atoms with E-state index < -0.39 is 0 Å². The molecule has 3 N–H and O–H groups in total. The van der Waals surface area contributed by atoms with Crippen LogP contribution in [0, 0.1) is 0 Å². The summed E-state index contributed by atoms with van der Waals surface area (Å²) in [5, 5.41) is 6.69. The number of hydrogen-bond donors (Lipinski definition) is 3. The molecule has 0 spiro atoms. The number of fused-ring (bicyclic) bond motifs is 1. The van der Waals surface area contributed by atoms with E-state index in [-0.39, 0.29) is 18.4 Å². The molecule has 1 heterocycles. The van der Waals surface area contributed by atoms with Crippen molar-refractivity contribution in [2.45, 2.75) is 6.54 Å². The second-order valence-corrected chi connectivity index (χ2v) is 5.64. The second kappa shape index (κ2) is 7.63. The van der Waals surface area contributed by atoms with Gasteiger partial charge in [0.25, 0.3) is 5.91 Å². The molecule has 0 atom stereocenters. The normalized spacial score (nSPS) is 10.6. The summed E-state index contributed by atoms with van der Waals surface area (Å²) < 4.78 is 4.79. The van der Waals surface area contributed by atoms with Crippen LogP contribution in [-0.4, -0.2) is 30.5 Å². The van der Waals surface area contributed by atoms with E-state index in [0.717, 1.165) is 16.5 Å². The van der Waals surface area contributed by atoms with Crippen molar-refractivity contribution >= 4 is 28.4 Å². The van der Waals surface area contributed by atoms with Gasteiger partial charge in [-0.3, -0.25) is 9.59 Å². The van der Waals surface area contributed by atoms with Gasteiger partial charge in [-0.2, -0.15) is 0 Å². The van der Waals surface area contributed by atoms with Crippen LogP contribution in [0.1, 0.15) is 15.9 Å². The fourth-order valence-corrected chi connectivity index (χ4v) is 2.56. The topological polar surface area (TPSA) is 83.2 Å². The first-order valence-electron chi connectivity index (χ1n) is 7.89. The average Bonchev–Trinajstić information content (AvgIpc) is 3.08. The molecule has 2 amide bonds. The van der Waals surface area contributed by atoms with Crippen LogP contribution in [0.2, 0.25) is 0 Å². The molecule has 0 aliphatic rings. The van der Waals surface area contributed by atoms with Gasteiger partial charge >= 0.3 is 0 Å². The SMILES string of the molecule is COCC(=O)Nc1cccc(CNC(=O)c2ccc3cc[nH]c3c2)c1. The number of amides is 2. The highest BCUT2D eigenvalue weighted by molar-refractivity contribution is 5.98. The molecule has 1 aromatic heterocycles. The highest BCUT2D eigenvalue weighted by Gasteiger charge is 2.07. The maximum Gasteiger partial charge on any atom is 0.251 e. The van der Waals surface area contributed by atoms with E-state index in [1.165, 1.54) is 7.11 Å². The standard InChI is InChI=1S/C19H19N3O3/c1-25-12-18(23)22-16-4-2-3-13(9-16)11-21-19(24)15-6-5-14-7-8-20-17(14)10-15/h2-10,20H,11-12H2,1H3,(H,21,24)(H,22,23). The molecule has 0 aliphatic carbocycles. The summed E-state index contributed by atoms with van der Waals surface area (Å²) in [7, 11) is 1.47. The first-order chi connectivity index (χ1) is 12.2. The van der Waals surface area contributed by atoms with Crippen molar-refractivity contribution < 1.29 is 14.3 Å². The summed E-state index contributed by atoms with van der Waals surface area (Å²) in [6, 6.07) is 14.8. The predicted molar refractivity (Wildman–Crippen MR) is 96.4 cm³/mol. The van der Waals surface area contributed by atoms with Crippen molar-refractivity contribution in [3.8, 4) is 0 Å². The molecule has 0 radical (unpaired) electrons. The zero-order chi connectivity index (χ0) is 17.6. The summed E-state index contributed by atoms with van der Waals surface area (Å²) in [6.07, 6.45) is 1.84. The summed E-state index contributed by atoms with van der Waals surface area (Å²) in [4.78, 5) is 27.0. The van der Waals surface area contributed by atoms with E-state index in [2.05, 4.69) is 15.6 Å². The van der Waals surface area contributed by atoms with Crippen LogP contribution < -0.4 is 10.6 Å². The molecule has 0 saturated heterocycles. The molecule has 0 unspecified atom stereocenters. The van der Waals surface area contributed by atoms with Crippen LogP contribution >= 0.6 is 0 Å². The van der Waals surface area contributed by atoms with Gasteiger partial charge in [-0.15, -0.1) is 0 Å². The van der Waals surface area contributed by atoms with Gasteiger partial charge in [-0.25, -0.2) is 0 Å². The van der Waals surface area contributed by atoms with Crippen molar-refractivity contribution in [2.75, 3.05) is 19.0 Å². The van der Waals surface area contributed by atoms with E-state index in [0.29, 0.717) is 17.8 Å². The molecule has 6 nitrogen and oxygen atoms in total. The zero-order valence-corrected chi connectivity index (χ0v) is 13.8. The highest BCUT2D eigenvalue weighted by atomic mass is 16.5. The van der Waals surface area contributed by atoms with Crippen LogP contribution in [0.3, 0.4) is 0 Å². The minimum absolute atomic E-state index is 0.00217. The van der Waals surface area contributed by atoms with Crippen molar-refractivity contribution in [1.29, 1.82) is 0 Å². The minimum Gasteiger partial charge on any atom is -0.375 e. The van der Waals surface area contributed by atoms with Gasteiger partial charge in [-0.1, -0.05) is 18.2 Å². The number of rotatable bonds is 6. The Hall–Kier alpha value is -3.12. The third-order valence-electron chi connectivity index (χ3n) is 3.76. The van der Waals surface area contributed by atoms with Gasteiger partial charge in [0.05, 0.1) is 0 Å². The average molecular weight is 337 g/mol. The van der Waals surface area contributed by atoms with Gasteiger partial charge in [0, 0.05) is 36.6 Å². The number of nitrogens with one attached hydrogen (secondary N) is 3. The van der Waals surface area contributed by atoms with Crippen LogP contribution in [0.5, 0.6) is 0 Å². The fraction of sp³-hybridized carbons (Fsp3) is 0.158. The molecular weight excluding hydrogens is 318 g/mol. The van der Waals surface area contributed by atoms with Gasteiger partial charge in [-0.05, 0) is 41.3 Å². The Morgan fingerprint density at radius 2 is 2.00 bits per heavy atom. The summed E-state index contributed by atoms with van der Waals surface area (Å²) in [5.41, 5.74) is 3.08. The third-order valence-corrected chi connectivity index (χ3v) is 3.76. The fourth-order valence-electron chi connectivity index (χ4n) is 2.56. The van der Waals surface area contributed by atoms with Crippen LogP contribution in [-0.2, 0) is 16.1 Å². The monoisotopic (exact) mass is 337 g/mol. The Morgan fingerprint density at radius 1 is 1.12 bits per heavy atom. The molecule has 3 aromatic rings. The van der Waals surface area contributed by atoms with E-state index in [1.807, 2.05) is 42.6 Å². The van der Waals surface area contributed by atoms with E-state index in [1.54, 1.807) is 12.1 Å². The Balaban J connectivity index is 1.62. The summed E-state index contributed by atoms with van der Waals surface area (Å²) >= 11 is 0. The number of ether oxygens (including phenoxy) is 1. The van der Waals surface area contributed by atoms with E-state index in [9.17, 15) is 9.59 Å². The number of benzene rings is 2. The molecule has 0 saturated carbocycles. The highest BCUT2D eigenvalue weighted by Crippen LogP contribution is 2.15. The summed E-state index contributed by atoms with van der Waals surface area (Å²) in [6.45, 7) is 0.373. The molecule has 3 rings (SSSR count). The van der Waals surface area contributed by atoms with Crippen molar-refractivity contribution in [2.24, 2.45) is 0 Å². The quantitative estimate of drug-likeness (QED) is 0.647. The number of H-pyrrole nitrogens is 1. The number of aromatic nitrogens is 1. The first kappa shape index (κ1) is 16.7. The van der Waals surface area contributed by atoms with E-state index in [4.69, 9.17) is 4.74 Å². The molecule has 6 heteroatoms. The Bertz CT molecular complexity index is 902. The molecule has 128 valence electrons. The van der Waals surface area contributed by atoms with Crippen LogP contribution in [0.25, 0.3) is 10.9 Å². The second-order valence-electron chi connectivity index (χ2n) is 5.64. The third kappa shape index (κ3) is 4.24. The van der Waals surface area contributed by atoms with Gasteiger partial charge in [0.2, 0.25) is 5.91 Å². The first-order valence-corrected chi connectivity index (χ1v) is 7.89. The Kier molecular flexibility index (Phi) is 5.11. The number of hydrogen-bond acceptors (Lipinski definition) is 3. The van der Waals surface area contributed by atoms with Crippen LogP contribution in [0.15, 0.2) is 54.7 Å². The Labute approximate surface area is 145 Å². The minimum atomic E-state index is -0.220. The molecule has 0 aliphatic heterocycles. The molecule has 2 aromatic carbocycles. The number of carbonyl (C=O) groups is 2. The van der Waals surface area contributed by atoms with Crippen LogP contribution in [0.4, 0.5) is 5.69 Å². The molecule has 0 bridgehead atoms. The number of carbonyl (C=O) groups excluding carboxylic acids is 2. The molecular formula is C19H19N3O3. The zero-order valence-electron chi connectivity index (χ0n) is 13.8. The van der Waals surface area contributed by atoms with Gasteiger partial charge in [0.1, 0.15) is 6.61 Å². The lowest BCUT2D eigenvalue weighted by Crippen LogP contribution is -2.23. The maximum atomic E-state index is 12.3. The lowest BCUT2D eigenvalue weighted by Gasteiger charge is -2.09. The lowest BCUT2D eigenvalue weighted by atomic mass is 10.1. The maximum absolute atomic E-state index is 12.3. The van der Waals surface area contributed by atoms with Crippen molar-refractivity contribution in [1.82, 2.24) is 10.3 Å². The Morgan fingerprint density at radius 3 is 2.84 bits per heavy atom. The van der Waals surface area contributed by atoms with Gasteiger partial charge in [0.15, 0.2) is 0 Å². The smallest absolute Gasteiger partial charge is 0.251 e. The summed E-state index contributed by atoms with van der Waals surface area (Å²) in [5.74, 6) is -0.367. The molecule has 0 fully saturated rings. The van der Waals surface area contributed by atoms with Crippen molar-refractivity contribution in [3.05, 3.63) is 65.9 Å². The van der Waals surface area contributed by atoms with Crippen molar-refractivity contribution in [3.63, 3.8) is 0 Å². The largest absolute Gasteiger partial charge is 0.375 e. The predicted octanol–water partition coefficient (Wildman–Crippen LogP) is 2.68. The lowest BCUT2D eigenvalue weighted by molar-refractivity contribution is -0.119.